The van der Waals surface area contributed by atoms with Crippen molar-refractivity contribution in [2.75, 3.05) is 0 Å². The smallest absolute Gasteiger partial charge is 0.153 e. The number of hydrogen-bond acceptors (Lipinski definition) is 2. The topological polar surface area (TPSA) is 32.0 Å². The van der Waals surface area contributed by atoms with Crippen LogP contribution in [0, 0.1) is 0 Å². The van der Waals surface area contributed by atoms with Crippen molar-refractivity contribution in [2.45, 2.75) is 13.3 Å². The molecule has 0 spiro atoms. The molecule has 0 atom stereocenters. The summed E-state index contributed by atoms with van der Waals surface area (Å²) < 4.78 is 11.0. The third kappa shape index (κ3) is 2.87. The lowest BCUT2D eigenvalue weighted by molar-refractivity contribution is 0.474. The summed E-state index contributed by atoms with van der Waals surface area (Å²) in [6.45, 7) is 2.15. The minimum Gasteiger partial charge on any atom is -0.453 e. The molecule has 0 amide bonds. The molecule has 0 unspecified atom stereocenters. The maximum atomic E-state index is 6.38. The Kier molecular flexibility index (Phi) is 4.17. The first-order chi connectivity index (χ1) is 18.3. The number of hydrogen-bond donors (Lipinski definition) is 0. The van der Waals surface area contributed by atoms with Crippen LogP contribution in [0.1, 0.15) is 12.7 Å². The van der Waals surface area contributed by atoms with E-state index >= 15 is 0 Å². The molecule has 1 aliphatic rings. The molecule has 0 saturated heterocycles. The molecule has 0 saturated carbocycles. The van der Waals surface area contributed by atoms with Crippen LogP contribution < -0.4 is 4.74 Å². The van der Waals surface area contributed by atoms with Crippen molar-refractivity contribution in [3.8, 4) is 34.0 Å². The van der Waals surface area contributed by atoms with Crippen molar-refractivity contribution in [3.05, 3.63) is 115 Å². The predicted molar refractivity (Wildman–Crippen MR) is 150 cm³/mol. The Morgan fingerprint density at radius 2 is 1.35 bits per heavy atom. The normalized spacial score (nSPS) is 12.2. The molecule has 4 heteroatoms. The highest BCUT2D eigenvalue weighted by atomic mass is 16.5. The highest BCUT2D eigenvalue weighted by molar-refractivity contribution is 6.09. The Labute approximate surface area is 214 Å². The highest BCUT2D eigenvalue weighted by Gasteiger charge is 2.24. The number of rotatable bonds is 3. The van der Waals surface area contributed by atoms with Gasteiger partial charge < -0.3 is 9.30 Å². The van der Waals surface area contributed by atoms with Gasteiger partial charge in [0.05, 0.1) is 22.2 Å². The van der Waals surface area contributed by atoms with E-state index in [1.54, 1.807) is 0 Å². The average Bonchev–Trinajstić information content (AvgIpc) is 3.50. The van der Waals surface area contributed by atoms with Gasteiger partial charge in [-0.1, -0.05) is 67.6 Å². The number of para-hydroxylation sites is 3. The summed E-state index contributed by atoms with van der Waals surface area (Å²) >= 11 is 0. The zero-order valence-electron chi connectivity index (χ0n) is 20.3. The van der Waals surface area contributed by atoms with E-state index in [9.17, 15) is 0 Å². The molecule has 7 aromatic rings. The van der Waals surface area contributed by atoms with E-state index in [4.69, 9.17) is 9.72 Å². The summed E-state index contributed by atoms with van der Waals surface area (Å²) in [6, 6.07) is 38.6. The van der Waals surface area contributed by atoms with Gasteiger partial charge >= 0.3 is 0 Å². The maximum Gasteiger partial charge on any atom is 0.153 e. The molecule has 0 N–H and O–H groups in total. The van der Waals surface area contributed by atoms with Gasteiger partial charge in [-0.25, -0.2) is 4.98 Å². The van der Waals surface area contributed by atoms with Crippen LogP contribution >= 0.6 is 0 Å². The summed E-state index contributed by atoms with van der Waals surface area (Å²) in [5.74, 6) is 2.77. The molecule has 0 bridgehead atoms. The molecule has 0 aliphatic carbocycles. The number of imidazole rings is 1. The van der Waals surface area contributed by atoms with E-state index < -0.39 is 0 Å². The molecule has 2 aromatic heterocycles. The fourth-order valence-electron chi connectivity index (χ4n) is 5.81. The highest BCUT2D eigenvalue weighted by Crippen LogP contribution is 2.43. The third-order valence-electron chi connectivity index (χ3n) is 7.48. The first-order valence-corrected chi connectivity index (χ1v) is 12.7. The van der Waals surface area contributed by atoms with Crippen molar-refractivity contribution in [1.29, 1.82) is 0 Å². The maximum absolute atomic E-state index is 6.38. The summed E-state index contributed by atoms with van der Waals surface area (Å²) in [6.07, 6.45) is 0.861. The second-order valence-electron chi connectivity index (χ2n) is 9.54. The summed E-state index contributed by atoms with van der Waals surface area (Å²) in [5, 5.41) is 2.55. The molecule has 5 aromatic carbocycles. The number of nitrogens with zero attached hydrogens (tertiary/aromatic N) is 3. The van der Waals surface area contributed by atoms with Gasteiger partial charge in [0.15, 0.2) is 11.5 Å². The second-order valence-corrected chi connectivity index (χ2v) is 9.54. The lowest BCUT2D eigenvalue weighted by Crippen LogP contribution is -2.07. The van der Waals surface area contributed by atoms with Crippen LogP contribution in [-0.2, 0) is 6.42 Å². The molecular weight excluding hydrogens is 454 g/mol. The lowest BCUT2D eigenvalue weighted by Gasteiger charge is -2.21. The van der Waals surface area contributed by atoms with E-state index in [1.165, 1.54) is 21.8 Å². The van der Waals surface area contributed by atoms with Gasteiger partial charge in [-0.15, -0.1) is 0 Å². The molecule has 4 nitrogen and oxygen atoms in total. The Bertz CT molecular complexity index is 1940. The quantitative estimate of drug-likeness (QED) is 0.256. The summed E-state index contributed by atoms with van der Waals surface area (Å²) in [7, 11) is 0. The molecule has 176 valence electrons. The van der Waals surface area contributed by atoms with Crippen LogP contribution in [0.15, 0.2) is 109 Å². The van der Waals surface area contributed by atoms with Gasteiger partial charge in [0.1, 0.15) is 11.3 Å². The zero-order valence-corrected chi connectivity index (χ0v) is 20.3. The van der Waals surface area contributed by atoms with Crippen molar-refractivity contribution in [3.63, 3.8) is 0 Å². The number of aromatic nitrogens is 3. The van der Waals surface area contributed by atoms with Crippen LogP contribution in [0.3, 0.4) is 0 Å². The molecular formula is C33H23N3O. The molecule has 3 heterocycles. The lowest BCUT2D eigenvalue weighted by atomic mass is 10.0. The predicted octanol–water partition coefficient (Wildman–Crippen LogP) is 8.46. The minimum absolute atomic E-state index is 0.857. The third-order valence-corrected chi connectivity index (χ3v) is 7.48. The van der Waals surface area contributed by atoms with E-state index in [0.717, 1.165) is 57.3 Å². The van der Waals surface area contributed by atoms with Gasteiger partial charge in [-0.2, -0.15) is 0 Å². The molecule has 0 fully saturated rings. The van der Waals surface area contributed by atoms with Gasteiger partial charge in [0.25, 0.3) is 0 Å². The number of fused-ring (bicyclic) bond motifs is 5. The fraction of sp³-hybridized carbons (Fsp3) is 0.0606. The van der Waals surface area contributed by atoms with Crippen molar-refractivity contribution in [1.82, 2.24) is 14.1 Å². The fourth-order valence-corrected chi connectivity index (χ4v) is 5.81. The molecule has 37 heavy (non-hydrogen) atoms. The Balaban J connectivity index is 1.23. The molecule has 8 rings (SSSR count). The van der Waals surface area contributed by atoms with Crippen LogP contribution in [0.5, 0.6) is 11.5 Å². The monoisotopic (exact) mass is 477 g/mol. The average molecular weight is 478 g/mol. The van der Waals surface area contributed by atoms with E-state index in [-0.39, 0.29) is 0 Å². The first kappa shape index (κ1) is 20.4. The Hall–Kier alpha value is -4.83. The number of benzene rings is 5. The SMILES string of the molecule is CCc1nc2cccc3c2n1-c1ccc(-c2ccc(-n4c5ccccc5c5ccccc54)cc2)cc1O3. The Morgan fingerprint density at radius 3 is 2.08 bits per heavy atom. The second kappa shape index (κ2) is 7.58. The molecule has 0 radical (unpaired) electrons. The van der Waals surface area contributed by atoms with Crippen LogP contribution in [0.25, 0.3) is 55.3 Å². The largest absolute Gasteiger partial charge is 0.453 e. The summed E-state index contributed by atoms with van der Waals surface area (Å²) in [4.78, 5) is 4.84. The summed E-state index contributed by atoms with van der Waals surface area (Å²) in [5.41, 5.74) is 8.94. The van der Waals surface area contributed by atoms with E-state index in [2.05, 4.69) is 113 Å². The van der Waals surface area contributed by atoms with Crippen molar-refractivity contribution >= 4 is 32.8 Å². The van der Waals surface area contributed by atoms with Crippen LogP contribution in [0.2, 0.25) is 0 Å². The minimum atomic E-state index is 0.857. The van der Waals surface area contributed by atoms with Gasteiger partial charge in [-0.05, 0) is 59.7 Å². The van der Waals surface area contributed by atoms with Crippen molar-refractivity contribution in [2.24, 2.45) is 0 Å². The number of aryl methyl sites for hydroxylation is 1. The van der Waals surface area contributed by atoms with Gasteiger partial charge in [0, 0.05) is 22.9 Å². The zero-order chi connectivity index (χ0) is 24.5. The molecule has 1 aliphatic heterocycles. The van der Waals surface area contributed by atoms with Crippen LogP contribution in [-0.4, -0.2) is 14.1 Å². The van der Waals surface area contributed by atoms with E-state index in [1.807, 2.05) is 12.1 Å². The van der Waals surface area contributed by atoms with Crippen LogP contribution in [0.4, 0.5) is 0 Å². The first-order valence-electron chi connectivity index (χ1n) is 12.7. The number of ether oxygens (including phenoxy) is 1. The van der Waals surface area contributed by atoms with Crippen molar-refractivity contribution < 1.29 is 4.74 Å². The van der Waals surface area contributed by atoms with Gasteiger partial charge in [-0.3, -0.25) is 4.57 Å². The van der Waals surface area contributed by atoms with Gasteiger partial charge in [0.2, 0.25) is 0 Å². The Morgan fingerprint density at radius 1 is 0.649 bits per heavy atom. The van der Waals surface area contributed by atoms with E-state index in [0.29, 0.717) is 0 Å². The standard InChI is InChI=1S/C33H23N3O/c1-2-32-34-26-10-7-13-30-33(26)36(32)29-19-16-22(20-31(29)37-30)21-14-17-23(18-15-21)35-27-11-5-3-8-24(27)25-9-4-6-12-28(25)35/h3-20H,2H2,1H3.